The molecule has 0 fully saturated rings. The summed E-state index contributed by atoms with van der Waals surface area (Å²) < 4.78 is 14.3. The van der Waals surface area contributed by atoms with Crippen LogP contribution in [0.3, 0.4) is 0 Å². The minimum atomic E-state index is -0.237. The zero-order chi connectivity index (χ0) is 28.9. The van der Waals surface area contributed by atoms with Crippen LogP contribution in [0.2, 0.25) is 0 Å². The SMILES string of the molecule is C=C1C=C(C)C=C(C)C1Nc1nsc(N=Nc2c(C)nn(-c3c(C(C)(C)C)nn4c3NN(C)C4C)c2OCC)n1. The lowest BCUT2D eigenvalue weighted by Gasteiger charge is -2.23. The zero-order valence-corrected chi connectivity index (χ0v) is 25.4. The smallest absolute Gasteiger partial charge is 0.251 e. The number of hydrogen-bond acceptors (Lipinski definition) is 11. The molecule has 2 unspecified atom stereocenters. The summed E-state index contributed by atoms with van der Waals surface area (Å²) in [6, 6.07) is -0.0572. The molecule has 1 aliphatic heterocycles. The predicted molar refractivity (Wildman–Crippen MR) is 158 cm³/mol. The van der Waals surface area contributed by atoms with Gasteiger partial charge in [0.2, 0.25) is 11.8 Å². The highest BCUT2D eigenvalue weighted by Crippen LogP contribution is 2.43. The van der Waals surface area contributed by atoms with Gasteiger partial charge in [-0.15, -0.1) is 10.2 Å². The fraction of sp³-hybridized carbons (Fsp3) is 0.481. The summed E-state index contributed by atoms with van der Waals surface area (Å²) in [6.07, 6.45) is 4.23. The van der Waals surface area contributed by atoms with Crippen molar-refractivity contribution >= 4 is 34.1 Å². The molecule has 5 rings (SSSR count). The maximum absolute atomic E-state index is 6.12. The predicted octanol–water partition coefficient (Wildman–Crippen LogP) is 6.37. The average Bonchev–Trinajstić information content (AvgIpc) is 3.60. The molecule has 212 valence electrons. The Morgan fingerprint density at radius 2 is 1.93 bits per heavy atom. The summed E-state index contributed by atoms with van der Waals surface area (Å²) in [5.74, 6) is 1.83. The van der Waals surface area contributed by atoms with Crippen LogP contribution in [0.5, 0.6) is 5.88 Å². The van der Waals surface area contributed by atoms with Crippen LogP contribution in [0, 0.1) is 6.92 Å². The molecule has 0 bridgehead atoms. The number of allylic oxidation sites excluding steroid dienone is 2. The Morgan fingerprint density at radius 1 is 1.18 bits per heavy atom. The Labute approximate surface area is 238 Å². The molecule has 0 saturated heterocycles. The van der Waals surface area contributed by atoms with Gasteiger partial charge in [0, 0.05) is 24.0 Å². The summed E-state index contributed by atoms with van der Waals surface area (Å²) in [5, 5.41) is 24.6. The van der Waals surface area contributed by atoms with Crippen molar-refractivity contribution in [3.63, 3.8) is 0 Å². The highest BCUT2D eigenvalue weighted by molar-refractivity contribution is 7.09. The normalized spacial score (nSPS) is 19.6. The molecule has 0 saturated carbocycles. The molecular weight excluding hydrogens is 526 g/mol. The van der Waals surface area contributed by atoms with Crippen molar-refractivity contribution in [2.45, 2.75) is 73.0 Å². The third-order valence-electron chi connectivity index (χ3n) is 6.89. The van der Waals surface area contributed by atoms with Crippen molar-refractivity contribution < 1.29 is 4.74 Å². The Bertz CT molecular complexity index is 1550. The van der Waals surface area contributed by atoms with Crippen LogP contribution < -0.4 is 15.5 Å². The van der Waals surface area contributed by atoms with E-state index in [0.29, 0.717) is 34.9 Å². The number of fused-ring (bicyclic) bond motifs is 1. The van der Waals surface area contributed by atoms with Crippen molar-refractivity contribution in [3.8, 4) is 11.6 Å². The molecule has 0 spiro atoms. The van der Waals surface area contributed by atoms with Crippen LogP contribution >= 0.6 is 11.5 Å². The maximum atomic E-state index is 6.12. The quantitative estimate of drug-likeness (QED) is 0.318. The molecule has 0 amide bonds. The van der Waals surface area contributed by atoms with Gasteiger partial charge in [0.25, 0.3) is 5.13 Å². The van der Waals surface area contributed by atoms with Gasteiger partial charge < -0.3 is 10.1 Å². The molecule has 40 heavy (non-hydrogen) atoms. The van der Waals surface area contributed by atoms with Gasteiger partial charge >= 0.3 is 0 Å². The van der Waals surface area contributed by atoms with Crippen molar-refractivity contribution in [1.29, 1.82) is 0 Å². The second kappa shape index (κ2) is 10.3. The Morgan fingerprint density at radius 3 is 2.60 bits per heavy atom. The van der Waals surface area contributed by atoms with E-state index in [2.05, 4.69) is 90.6 Å². The second-order valence-electron chi connectivity index (χ2n) is 11.2. The number of hydrogen-bond donors (Lipinski definition) is 2. The van der Waals surface area contributed by atoms with Gasteiger partial charge in [-0.1, -0.05) is 45.1 Å². The summed E-state index contributed by atoms with van der Waals surface area (Å²) in [4.78, 5) is 4.53. The number of hydrazine groups is 1. The molecule has 0 radical (unpaired) electrons. The summed E-state index contributed by atoms with van der Waals surface area (Å²) in [5.41, 5.74) is 9.44. The number of azo groups is 1. The number of nitrogens with one attached hydrogen (secondary N) is 2. The topological polar surface area (TPSA) is 123 Å². The molecule has 2 aliphatic rings. The van der Waals surface area contributed by atoms with Crippen LogP contribution in [0.15, 0.2) is 45.7 Å². The fourth-order valence-electron chi connectivity index (χ4n) is 4.86. The van der Waals surface area contributed by atoms with Gasteiger partial charge in [-0.3, -0.25) is 5.43 Å². The minimum absolute atomic E-state index is 0.0431. The van der Waals surface area contributed by atoms with Crippen molar-refractivity contribution in [2.75, 3.05) is 24.4 Å². The van der Waals surface area contributed by atoms with Crippen molar-refractivity contribution in [2.24, 2.45) is 10.2 Å². The van der Waals surface area contributed by atoms with Crippen LogP contribution in [0.4, 0.5) is 22.6 Å². The third-order valence-corrected chi connectivity index (χ3v) is 7.49. The highest BCUT2D eigenvalue weighted by atomic mass is 32.1. The molecular formula is C27H37N11OS. The van der Waals surface area contributed by atoms with E-state index in [-0.39, 0.29) is 17.6 Å². The van der Waals surface area contributed by atoms with Gasteiger partial charge in [0.15, 0.2) is 11.5 Å². The minimum Gasteiger partial charge on any atom is -0.476 e. The lowest BCUT2D eigenvalue weighted by atomic mass is 9.91. The number of nitrogens with zero attached hydrogens (tertiary/aromatic N) is 9. The monoisotopic (exact) mass is 563 g/mol. The molecule has 12 nitrogen and oxygen atoms in total. The summed E-state index contributed by atoms with van der Waals surface area (Å²) in [6.45, 7) is 21.1. The van der Waals surface area contributed by atoms with Gasteiger partial charge in [-0.05, 0) is 45.8 Å². The number of rotatable bonds is 7. The van der Waals surface area contributed by atoms with E-state index >= 15 is 0 Å². The van der Waals surface area contributed by atoms with Crippen molar-refractivity contribution in [1.82, 2.24) is 33.9 Å². The van der Waals surface area contributed by atoms with Crippen molar-refractivity contribution in [3.05, 3.63) is 46.8 Å². The van der Waals surface area contributed by atoms with E-state index in [1.807, 2.05) is 30.6 Å². The van der Waals surface area contributed by atoms with E-state index in [4.69, 9.17) is 14.9 Å². The number of aryl methyl sites for hydroxylation is 1. The van der Waals surface area contributed by atoms with Crippen LogP contribution in [-0.2, 0) is 5.41 Å². The summed E-state index contributed by atoms with van der Waals surface area (Å²) >= 11 is 1.17. The highest BCUT2D eigenvalue weighted by Gasteiger charge is 2.37. The van der Waals surface area contributed by atoms with Crippen LogP contribution in [0.25, 0.3) is 5.69 Å². The van der Waals surface area contributed by atoms with E-state index < -0.39 is 0 Å². The number of ether oxygens (including phenoxy) is 1. The summed E-state index contributed by atoms with van der Waals surface area (Å²) in [7, 11) is 1.99. The third kappa shape index (κ3) is 4.94. The second-order valence-corrected chi connectivity index (χ2v) is 11.9. The first-order valence-electron chi connectivity index (χ1n) is 13.3. The van der Waals surface area contributed by atoms with E-state index in [1.54, 1.807) is 4.68 Å². The van der Waals surface area contributed by atoms with Gasteiger partial charge in [-0.2, -0.15) is 24.2 Å². The molecule has 3 aromatic heterocycles. The van der Waals surface area contributed by atoms with E-state index in [9.17, 15) is 0 Å². The molecule has 0 aromatic carbocycles. The Balaban J connectivity index is 1.48. The van der Waals surface area contributed by atoms with E-state index in [0.717, 1.165) is 28.3 Å². The molecule has 3 aromatic rings. The van der Waals surface area contributed by atoms with Gasteiger partial charge in [0.05, 0.1) is 24.0 Å². The fourth-order valence-corrected chi connectivity index (χ4v) is 5.32. The standard InChI is InChI=1S/C27H37N11OS/c1-11-39-24-20(30-31-26-29-25(35-40-26)28-19-15(3)12-14(2)13-16(19)4)17(5)32-38(24)21-22(27(7,8)9)33-37-18(6)36(10)34-23(21)37/h12-13,18-19,34H,3,11H2,1-2,4-10H3,(H,28,35). The zero-order valence-electron chi connectivity index (χ0n) is 24.6. The lowest BCUT2D eigenvalue weighted by molar-refractivity contribution is 0.258. The first-order valence-corrected chi connectivity index (χ1v) is 14.1. The number of aromatic nitrogens is 6. The molecule has 13 heteroatoms. The Kier molecular flexibility index (Phi) is 7.13. The van der Waals surface area contributed by atoms with Crippen LogP contribution in [-0.4, -0.2) is 53.6 Å². The lowest BCUT2D eigenvalue weighted by Crippen LogP contribution is -2.25. The van der Waals surface area contributed by atoms with Crippen LogP contribution in [0.1, 0.15) is 66.0 Å². The molecule has 1 aliphatic carbocycles. The first-order chi connectivity index (χ1) is 18.9. The Hall–Kier alpha value is -3.84. The molecule has 2 atom stereocenters. The maximum Gasteiger partial charge on any atom is 0.251 e. The first kappa shape index (κ1) is 27.7. The largest absolute Gasteiger partial charge is 0.476 e. The van der Waals surface area contributed by atoms with Gasteiger partial charge in [-0.25, -0.2) is 9.69 Å². The molecule has 4 heterocycles. The van der Waals surface area contributed by atoms with Gasteiger partial charge in [0.1, 0.15) is 11.9 Å². The van der Waals surface area contributed by atoms with E-state index in [1.165, 1.54) is 17.1 Å². The average molecular weight is 564 g/mol. The molecule has 2 N–H and O–H groups in total. The number of anilines is 2.